The number of nitrogens with one attached hydrogen (secondary N) is 4. The fraction of sp³-hybridized carbons (Fsp3) is 0.543. The Bertz CT molecular complexity index is 1580. The van der Waals surface area contributed by atoms with Gasteiger partial charge in [0.2, 0.25) is 5.91 Å². The molecule has 1 fully saturated rings. The third kappa shape index (κ3) is 10.3. The number of fused-ring (bicyclic) bond motifs is 4. The number of ether oxygens (including phenoxy) is 1. The van der Waals surface area contributed by atoms with E-state index < -0.39 is 11.6 Å². The molecule has 272 valence electrons. The van der Waals surface area contributed by atoms with Crippen LogP contribution in [0.25, 0.3) is 0 Å². The minimum atomic E-state index is -0.910. The van der Waals surface area contributed by atoms with Gasteiger partial charge in [-0.25, -0.2) is 9.97 Å². The fourth-order valence-electron chi connectivity index (χ4n) is 6.28. The molecule has 2 aromatic heterocycles. The van der Waals surface area contributed by atoms with Crippen LogP contribution in [0.3, 0.4) is 0 Å². The lowest BCUT2D eigenvalue weighted by Gasteiger charge is -2.39. The van der Waals surface area contributed by atoms with E-state index in [1.165, 1.54) is 22.7 Å². The second kappa shape index (κ2) is 18.7. The summed E-state index contributed by atoms with van der Waals surface area (Å²) in [4.78, 5) is 65.0. The number of carbonyl (C=O) groups is 4. The summed E-state index contributed by atoms with van der Waals surface area (Å²) in [5.41, 5.74) is 0.640. The Labute approximate surface area is 308 Å². The third-order valence-corrected chi connectivity index (χ3v) is 10.9. The number of thiazole rings is 2. The Morgan fingerprint density at radius 3 is 2.22 bits per heavy atom. The highest BCUT2D eigenvalue weighted by molar-refractivity contribution is 7.10. The van der Waals surface area contributed by atoms with E-state index >= 15 is 0 Å². The van der Waals surface area contributed by atoms with Gasteiger partial charge in [-0.3, -0.25) is 19.2 Å². The molecule has 1 aromatic carbocycles. The van der Waals surface area contributed by atoms with E-state index in [1.54, 1.807) is 22.8 Å². The van der Waals surface area contributed by atoms with E-state index in [-0.39, 0.29) is 65.8 Å². The van der Waals surface area contributed by atoms with Crippen molar-refractivity contribution in [2.24, 2.45) is 5.92 Å². The summed E-state index contributed by atoms with van der Waals surface area (Å²) in [7, 11) is 1.58. The Hall–Kier alpha value is -3.43. The number of nitrogens with zero attached hydrogens (tertiary/aromatic N) is 3. The predicted octanol–water partition coefficient (Wildman–Crippen LogP) is 4.45. The molecule has 12 nitrogen and oxygen atoms in total. The quantitative estimate of drug-likeness (QED) is 0.289. The van der Waals surface area contributed by atoms with Crippen LogP contribution in [-0.2, 0) is 20.7 Å². The van der Waals surface area contributed by atoms with Gasteiger partial charge >= 0.3 is 0 Å². The van der Waals surface area contributed by atoms with E-state index in [0.717, 1.165) is 5.56 Å². The minimum Gasteiger partial charge on any atom is -0.368 e. The lowest BCUT2D eigenvalue weighted by Crippen LogP contribution is -2.55. The number of piperidine rings is 1. The van der Waals surface area contributed by atoms with Gasteiger partial charge in [0.15, 0.2) is 0 Å². The summed E-state index contributed by atoms with van der Waals surface area (Å²) < 4.78 is 5.84. The molecular formula is C35H48ClN7O5S2. The number of halogens is 1. The summed E-state index contributed by atoms with van der Waals surface area (Å²) in [5.74, 6) is -0.615. The van der Waals surface area contributed by atoms with E-state index in [9.17, 15) is 19.2 Å². The molecule has 0 saturated carbocycles. The molecule has 4 bridgehead atoms. The van der Waals surface area contributed by atoms with Gasteiger partial charge in [0.25, 0.3) is 17.7 Å². The molecule has 0 radical (unpaired) electrons. The molecule has 3 aromatic rings. The molecule has 50 heavy (non-hydrogen) atoms. The number of methoxy groups -OCH3 is 1. The van der Waals surface area contributed by atoms with Crippen LogP contribution in [0.5, 0.6) is 0 Å². The zero-order chi connectivity index (χ0) is 34.8. The van der Waals surface area contributed by atoms with Crippen LogP contribution in [0.1, 0.15) is 101 Å². The summed E-state index contributed by atoms with van der Waals surface area (Å²) >= 11 is 2.66. The van der Waals surface area contributed by atoms with E-state index in [2.05, 4.69) is 45.1 Å². The van der Waals surface area contributed by atoms with Crippen molar-refractivity contribution in [3.05, 3.63) is 68.1 Å². The second-order valence-corrected chi connectivity index (χ2v) is 14.8. The van der Waals surface area contributed by atoms with Gasteiger partial charge < -0.3 is 30.9 Å². The molecule has 1 saturated heterocycles. The monoisotopic (exact) mass is 745 g/mol. The molecule has 4 N–H and O–H groups in total. The molecule has 0 spiro atoms. The largest absolute Gasteiger partial charge is 0.368 e. The molecule has 2 atom stereocenters. The van der Waals surface area contributed by atoms with Crippen molar-refractivity contribution in [2.75, 3.05) is 39.8 Å². The van der Waals surface area contributed by atoms with Crippen molar-refractivity contribution in [1.82, 2.24) is 36.1 Å². The Balaban J connectivity index is 0.00000562. The van der Waals surface area contributed by atoms with Gasteiger partial charge in [0.05, 0.1) is 12.1 Å². The number of carbonyl (C=O) groups excluding carboxylic acids is 4. The Kier molecular flexibility index (Phi) is 14.7. The standard InChI is InChI=1S/C35H47N7O5S2.ClH/c1-23(2)19-25-32-41-28(22-49-32)31(45)39-26(20-24-9-5-4-6-10-24)33-40-27(21-48-33)30(44)37-14-8-18-42(17-7-11-29(43)38-25)34(46)35(47-3)12-15-36-16-13-35;/h4-6,9-10,21-23,25-26,36H,7-8,11-20H2,1-3H3,(H,37,44)(H,38,43)(H,39,45);1H/t25?,26-;/m0./s1. The summed E-state index contributed by atoms with van der Waals surface area (Å²) in [6.45, 7) is 6.66. The van der Waals surface area contributed by atoms with Crippen LogP contribution in [0.15, 0.2) is 41.1 Å². The highest BCUT2D eigenvalue weighted by Gasteiger charge is 2.42. The van der Waals surface area contributed by atoms with Crippen LogP contribution in [0.4, 0.5) is 0 Å². The number of hydrogen-bond donors (Lipinski definition) is 4. The van der Waals surface area contributed by atoms with Gasteiger partial charge in [0.1, 0.15) is 27.0 Å². The van der Waals surface area contributed by atoms with Crippen molar-refractivity contribution < 1.29 is 23.9 Å². The number of benzene rings is 1. The topological polar surface area (TPSA) is 155 Å². The van der Waals surface area contributed by atoms with Crippen molar-refractivity contribution in [3.8, 4) is 0 Å². The zero-order valence-corrected chi connectivity index (χ0v) is 31.3. The highest BCUT2D eigenvalue weighted by Crippen LogP contribution is 2.28. The third-order valence-electron chi connectivity index (χ3n) is 8.94. The van der Waals surface area contributed by atoms with Gasteiger partial charge in [0, 0.05) is 43.9 Å². The number of amides is 4. The fourth-order valence-corrected chi connectivity index (χ4v) is 7.99. The van der Waals surface area contributed by atoms with Crippen LogP contribution in [-0.4, -0.2) is 83.9 Å². The van der Waals surface area contributed by atoms with Gasteiger partial charge in [-0.05, 0) is 63.1 Å². The number of hydrogen-bond acceptors (Lipinski definition) is 10. The average molecular weight is 746 g/mol. The second-order valence-electron chi connectivity index (χ2n) is 13.1. The molecule has 5 rings (SSSR count). The predicted molar refractivity (Wildman–Crippen MR) is 197 cm³/mol. The first-order chi connectivity index (χ1) is 23.7. The van der Waals surface area contributed by atoms with Crippen LogP contribution in [0, 0.1) is 5.92 Å². The molecule has 0 aliphatic carbocycles. The molecule has 4 heterocycles. The molecule has 2 aliphatic rings. The molecule has 15 heteroatoms. The molecule has 2 aliphatic heterocycles. The van der Waals surface area contributed by atoms with Crippen molar-refractivity contribution in [1.29, 1.82) is 0 Å². The smallest absolute Gasteiger partial charge is 0.271 e. The number of rotatable bonds is 6. The average Bonchev–Trinajstić information content (AvgIpc) is 3.80. The zero-order valence-electron chi connectivity index (χ0n) is 28.9. The Morgan fingerprint density at radius 2 is 1.56 bits per heavy atom. The minimum absolute atomic E-state index is 0. The van der Waals surface area contributed by atoms with Crippen molar-refractivity contribution in [2.45, 2.75) is 76.5 Å². The molecular weight excluding hydrogens is 698 g/mol. The van der Waals surface area contributed by atoms with Crippen LogP contribution < -0.4 is 21.3 Å². The summed E-state index contributed by atoms with van der Waals surface area (Å²) in [5, 5.41) is 17.2. The first kappa shape index (κ1) is 39.4. The van der Waals surface area contributed by atoms with Gasteiger partial charge in [-0.1, -0.05) is 44.2 Å². The highest BCUT2D eigenvalue weighted by atomic mass is 35.5. The van der Waals surface area contributed by atoms with Crippen LogP contribution in [0.2, 0.25) is 0 Å². The summed E-state index contributed by atoms with van der Waals surface area (Å²) in [6, 6.07) is 8.95. The summed E-state index contributed by atoms with van der Waals surface area (Å²) in [6.07, 6.45) is 3.49. The van der Waals surface area contributed by atoms with E-state index in [0.29, 0.717) is 81.3 Å². The lowest BCUT2D eigenvalue weighted by atomic mass is 9.90. The van der Waals surface area contributed by atoms with Gasteiger partial charge in [-0.2, -0.15) is 0 Å². The number of aromatic nitrogens is 2. The maximum Gasteiger partial charge on any atom is 0.271 e. The van der Waals surface area contributed by atoms with E-state index in [4.69, 9.17) is 4.74 Å². The maximum atomic E-state index is 13.9. The normalized spacial score (nSPS) is 20.9. The van der Waals surface area contributed by atoms with E-state index in [1.807, 2.05) is 30.3 Å². The lowest BCUT2D eigenvalue weighted by molar-refractivity contribution is -0.158. The van der Waals surface area contributed by atoms with Crippen molar-refractivity contribution >= 4 is 58.7 Å². The molecule has 4 amide bonds. The Morgan fingerprint density at radius 1 is 0.920 bits per heavy atom. The molecule has 1 unspecified atom stereocenters. The van der Waals surface area contributed by atoms with Gasteiger partial charge in [-0.15, -0.1) is 35.1 Å². The van der Waals surface area contributed by atoms with Crippen LogP contribution >= 0.6 is 35.1 Å². The first-order valence-corrected chi connectivity index (χ1v) is 18.8. The maximum absolute atomic E-state index is 13.9. The van der Waals surface area contributed by atoms with Crippen molar-refractivity contribution in [3.63, 3.8) is 0 Å². The SMILES string of the molecule is COC1(C(=O)N2CCCNC(=O)c3csc(n3)[C@H](Cc3ccccc3)NC(=O)c3csc(n3)C(CC(C)C)NC(=O)CCC2)CCNCC1.Cl. The first-order valence-electron chi connectivity index (χ1n) is 17.1.